The molecule has 0 radical (unpaired) electrons. The van der Waals surface area contributed by atoms with E-state index in [0.717, 1.165) is 38.4 Å². The molecule has 32 heavy (non-hydrogen) atoms. The van der Waals surface area contributed by atoms with Crippen molar-refractivity contribution in [1.82, 2.24) is 9.55 Å². The van der Waals surface area contributed by atoms with Crippen LogP contribution in [0.15, 0.2) is 114 Å². The minimum absolute atomic E-state index is 0.201. The molecule has 4 aromatic carbocycles. The molecule has 3 nitrogen and oxygen atoms in total. The number of hydrogen-bond donors (Lipinski definition) is 1. The first-order valence-electron chi connectivity index (χ1n) is 10.4. The summed E-state index contributed by atoms with van der Waals surface area (Å²) in [4.78, 5) is 5.11. The third kappa shape index (κ3) is 3.97. The Morgan fingerprint density at radius 2 is 1.31 bits per heavy atom. The molecule has 0 unspecified atom stereocenters. The van der Waals surface area contributed by atoms with Crippen LogP contribution in [0.25, 0.3) is 33.9 Å². The zero-order chi connectivity index (χ0) is 21.9. The van der Waals surface area contributed by atoms with Gasteiger partial charge in [0.15, 0.2) is 0 Å². The molecule has 1 aromatic heterocycles. The van der Waals surface area contributed by atoms with Crippen LogP contribution in [0.3, 0.4) is 0 Å². The van der Waals surface area contributed by atoms with Gasteiger partial charge in [-0.1, -0.05) is 107 Å². The normalized spacial score (nSPS) is 10.9. The highest BCUT2D eigenvalue weighted by atomic mass is 79.9. The maximum Gasteiger partial charge on any atom is 0.145 e. The third-order valence-electron chi connectivity index (χ3n) is 5.45. The molecule has 0 bridgehead atoms. The summed E-state index contributed by atoms with van der Waals surface area (Å²) in [6, 6.07) is 36.3. The predicted molar refractivity (Wildman–Crippen MR) is 133 cm³/mol. The minimum atomic E-state index is 0.201. The van der Waals surface area contributed by atoms with Gasteiger partial charge in [-0.25, -0.2) is 4.98 Å². The van der Waals surface area contributed by atoms with Gasteiger partial charge in [0, 0.05) is 22.1 Å². The molecule has 5 aromatic rings. The standard InChI is InChI=1S/C28H21BrN2O/c29-23-16-17-25(32)24(18-23)28-30-26(21-12-6-2-7-13-21)27(22-14-8-3-9-15-22)31(28)19-20-10-4-1-5-11-20/h1-18,32H,19H2. The minimum Gasteiger partial charge on any atom is -0.507 e. The van der Waals surface area contributed by atoms with Crippen LogP contribution in [0.4, 0.5) is 0 Å². The molecule has 0 spiro atoms. The fourth-order valence-electron chi connectivity index (χ4n) is 3.95. The number of halogens is 1. The van der Waals surface area contributed by atoms with Gasteiger partial charge < -0.3 is 9.67 Å². The van der Waals surface area contributed by atoms with Crippen molar-refractivity contribution in [2.75, 3.05) is 0 Å². The average Bonchev–Trinajstić information content (AvgIpc) is 3.21. The monoisotopic (exact) mass is 480 g/mol. The average molecular weight is 481 g/mol. The second kappa shape index (κ2) is 8.85. The Balaban J connectivity index is 1.83. The number of aromatic nitrogens is 2. The molecule has 5 rings (SSSR count). The lowest BCUT2D eigenvalue weighted by atomic mass is 10.0. The molecule has 0 aliphatic heterocycles. The summed E-state index contributed by atoms with van der Waals surface area (Å²) in [6.45, 7) is 0.631. The largest absolute Gasteiger partial charge is 0.507 e. The van der Waals surface area contributed by atoms with E-state index >= 15 is 0 Å². The van der Waals surface area contributed by atoms with Gasteiger partial charge in [-0.05, 0) is 23.8 Å². The Bertz CT molecular complexity index is 1350. The number of imidazole rings is 1. The van der Waals surface area contributed by atoms with Crippen LogP contribution in [0.2, 0.25) is 0 Å². The lowest BCUT2D eigenvalue weighted by Crippen LogP contribution is -2.04. The molecule has 0 aliphatic rings. The smallest absolute Gasteiger partial charge is 0.145 e. The number of rotatable bonds is 5. The number of phenols is 1. The zero-order valence-electron chi connectivity index (χ0n) is 17.3. The quantitative estimate of drug-likeness (QED) is 0.284. The van der Waals surface area contributed by atoms with E-state index in [1.54, 1.807) is 6.07 Å². The molecule has 0 fully saturated rings. The molecule has 4 heteroatoms. The fourth-order valence-corrected chi connectivity index (χ4v) is 4.31. The Hall–Kier alpha value is -3.63. The van der Waals surface area contributed by atoms with Crippen molar-refractivity contribution in [3.05, 3.63) is 119 Å². The maximum atomic E-state index is 10.7. The summed E-state index contributed by atoms with van der Waals surface area (Å²) in [7, 11) is 0. The molecule has 0 amide bonds. The number of hydrogen-bond acceptors (Lipinski definition) is 2. The van der Waals surface area contributed by atoms with E-state index in [2.05, 4.69) is 56.9 Å². The zero-order valence-corrected chi connectivity index (χ0v) is 18.9. The summed E-state index contributed by atoms with van der Waals surface area (Å²) in [5, 5.41) is 10.7. The molecule has 0 saturated carbocycles. The van der Waals surface area contributed by atoms with Crippen LogP contribution in [0, 0.1) is 0 Å². The van der Waals surface area contributed by atoms with E-state index in [9.17, 15) is 5.11 Å². The lowest BCUT2D eigenvalue weighted by molar-refractivity contribution is 0.476. The van der Waals surface area contributed by atoms with E-state index in [0.29, 0.717) is 12.1 Å². The van der Waals surface area contributed by atoms with Crippen LogP contribution in [-0.2, 0) is 6.54 Å². The SMILES string of the molecule is Oc1ccc(Br)cc1-c1nc(-c2ccccc2)c(-c2ccccc2)n1Cc1ccccc1. The van der Waals surface area contributed by atoms with Crippen molar-refractivity contribution in [2.24, 2.45) is 0 Å². The second-order valence-corrected chi connectivity index (χ2v) is 8.51. The first-order chi connectivity index (χ1) is 15.7. The molecule has 1 N–H and O–H groups in total. The Morgan fingerprint density at radius 3 is 1.97 bits per heavy atom. The van der Waals surface area contributed by atoms with E-state index in [-0.39, 0.29) is 5.75 Å². The van der Waals surface area contributed by atoms with Crippen molar-refractivity contribution < 1.29 is 5.11 Å². The van der Waals surface area contributed by atoms with Gasteiger partial charge in [0.2, 0.25) is 0 Å². The molecular formula is C28H21BrN2O. The highest BCUT2D eigenvalue weighted by molar-refractivity contribution is 9.10. The third-order valence-corrected chi connectivity index (χ3v) is 5.94. The molecule has 1 heterocycles. The number of benzene rings is 4. The summed E-state index contributed by atoms with van der Waals surface area (Å²) < 4.78 is 3.09. The second-order valence-electron chi connectivity index (χ2n) is 7.60. The van der Waals surface area contributed by atoms with Crippen LogP contribution < -0.4 is 0 Å². The van der Waals surface area contributed by atoms with Crippen molar-refractivity contribution in [1.29, 1.82) is 0 Å². The maximum absolute atomic E-state index is 10.7. The Kier molecular flexibility index (Phi) is 5.61. The van der Waals surface area contributed by atoms with Gasteiger partial charge in [0.1, 0.15) is 11.6 Å². The van der Waals surface area contributed by atoms with Crippen LogP contribution in [0.1, 0.15) is 5.56 Å². The Morgan fingerprint density at radius 1 is 0.719 bits per heavy atom. The molecule has 0 saturated heterocycles. The molecule has 0 aliphatic carbocycles. The summed E-state index contributed by atoms with van der Waals surface area (Å²) >= 11 is 3.55. The summed E-state index contributed by atoms with van der Waals surface area (Å²) in [5.41, 5.74) is 5.88. The van der Waals surface area contributed by atoms with E-state index < -0.39 is 0 Å². The van der Waals surface area contributed by atoms with Crippen LogP contribution in [0.5, 0.6) is 5.75 Å². The van der Waals surface area contributed by atoms with Gasteiger partial charge >= 0.3 is 0 Å². The number of aromatic hydroxyl groups is 1. The first kappa shape index (κ1) is 20.3. The van der Waals surface area contributed by atoms with E-state index in [1.807, 2.05) is 66.7 Å². The van der Waals surface area contributed by atoms with Crippen LogP contribution >= 0.6 is 15.9 Å². The van der Waals surface area contributed by atoms with Gasteiger partial charge in [-0.2, -0.15) is 0 Å². The van der Waals surface area contributed by atoms with Crippen molar-refractivity contribution >= 4 is 15.9 Å². The Labute approximate surface area is 195 Å². The molecule has 0 atom stereocenters. The fraction of sp³-hybridized carbons (Fsp3) is 0.0357. The molecule has 156 valence electrons. The molecular weight excluding hydrogens is 460 g/mol. The first-order valence-corrected chi connectivity index (χ1v) is 11.2. The predicted octanol–water partition coefficient (Wildman–Crippen LogP) is 7.40. The van der Waals surface area contributed by atoms with Gasteiger partial charge in [0.05, 0.1) is 17.0 Å². The topological polar surface area (TPSA) is 38.1 Å². The number of phenolic OH excluding ortho intramolecular Hbond substituents is 1. The highest BCUT2D eigenvalue weighted by Gasteiger charge is 2.23. The van der Waals surface area contributed by atoms with Gasteiger partial charge in [-0.3, -0.25) is 0 Å². The summed E-state index contributed by atoms with van der Waals surface area (Å²) in [6.07, 6.45) is 0. The number of nitrogens with zero attached hydrogens (tertiary/aromatic N) is 2. The van der Waals surface area contributed by atoms with Gasteiger partial charge in [-0.15, -0.1) is 0 Å². The van der Waals surface area contributed by atoms with Crippen LogP contribution in [-0.4, -0.2) is 14.7 Å². The summed E-state index contributed by atoms with van der Waals surface area (Å²) in [5.74, 6) is 0.928. The van der Waals surface area contributed by atoms with Crippen molar-refractivity contribution in [3.63, 3.8) is 0 Å². The van der Waals surface area contributed by atoms with Crippen molar-refractivity contribution in [3.8, 4) is 39.7 Å². The van der Waals surface area contributed by atoms with E-state index in [4.69, 9.17) is 4.98 Å². The van der Waals surface area contributed by atoms with Crippen molar-refractivity contribution in [2.45, 2.75) is 6.54 Å². The van der Waals surface area contributed by atoms with E-state index in [1.165, 1.54) is 0 Å². The lowest BCUT2D eigenvalue weighted by Gasteiger charge is -2.14. The highest BCUT2D eigenvalue weighted by Crippen LogP contribution is 2.39. The van der Waals surface area contributed by atoms with Gasteiger partial charge in [0.25, 0.3) is 0 Å².